The third kappa shape index (κ3) is 2.14. The number of rotatable bonds is 2. The van der Waals surface area contributed by atoms with E-state index < -0.39 is 0 Å². The number of carbonyl (C=O) groups is 1. The van der Waals surface area contributed by atoms with Crippen LogP contribution in [0.1, 0.15) is 25.7 Å². The molecule has 2 aliphatic rings. The molecule has 1 aromatic heterocycles. The van der Waals surface area contributed by atoms with Crippen molar-refractivity contribution in [3.05, 3.63) is 17.5 Å². The molecule has 1 N–H and O–H groups in total. The number of anilines is 1. The van der Waals surface area contributed by atoms with Gasteiger partial charge in [-0.15, -0.1) is 0 Å². The Hall–Kier alpha value is -1.16. The molecule has 0 aliphatic heterocycles. The lowest BCUT2D eigenvalue weighted by atomic mass is 9.88. The number of carbonyl (C=O) groups excluding carboxylic acids is 1. The first-order valence-corrected chi connectivity index (χ1v) is 6.39. The van der Waals surface area contributed by atoms with Crippen molar-refractivity contribution in [1.29, 1.82) is 0 Å². The molecule has 2 fully saturated rings. The summed E-state index contributed by atoms with van der Waals surface area (Å²) in [5.74, 6) is 2.11. The first kappa shape index (κ1) is 11.0. The topological polar surface area (TPSA) is 54.9 Å². The van der Waals surface area contributed by atoms with Crippen molar-refractivity contribution in [1.82, 2.24) is 9.97 Å². The second-order valence-electron chi connectivity index (χ2n) is 4.98. The summed E-state index contributed by atoms with van der Waals surface area (Å²) in [6, 6.07) is 1.66. The highest BCUT2D eigenvalue weighted by Gasteiger charge is 2.43. The third-order valence-corrected chi connectivity index (χ3v) is 4.13. The van der Waals surface area contributed by atoms with Crippen molar-refractivity contribution < 1.29 is 4.79 Å². The van der Waals surface area contributed by atoms with Crippen LogP contribution in [0.4, 0.5) is 5.82 Å². The summed E-state index contributed by atoms with van der Waals surface area (Å²) in [7, 11) is 0. The van der Waals surface area contributed by atoms with E-state index in [9.17, 15) is 4.79 Å². The van der Waals surface area contributed by atoms with Gasteiger partial charge in [-0.3, -0.25) is 4.79 Å². The summed E-state index contributed by atoms with van der Waals surface area (Å²) in [6.45, 7) is 0. The first-order valence-electron chi connectivity index (χ1n) is 6.02. The average Bonchev–Trinajstić information content (AvgIpc) is 2.90. The van der Waals surface area contributed by atoms with Gasteiger partial charge >= 0.3 is 0 Å². The fourth-order valence-corrected chi connectivity index (χ4v) is 3.34. The maximum Gasteiger partial charge on any atom is 0.228 e. The lowest BCUT2D eigenvalue weighted by Crippen LogP contribution is -2.27. The zero-order valence-corrected chi connectivity index (χ0v) is 10.2. The second-order valence-corrected chi connectivity index (χ2v) is 5.32. The van der Waals surface area contributed by atoms with Crippen molar-refractivity contribution in [3.8, 4) is 0 Å². The SMILES string of the molecule is O=C(Nc1ccnc(Cl)n1)C1CC2CCC1C2. The zero-order chi connectivity index (χ0) is 11.8. The van der Waals surface area contributed by atoms with Crippen LogP contribution in [-0.4, -0.2) is 15.9 Å². The van der Waals surface area contributed by atoms with E-state index in [2.05, 4.69) is 15.3 Å². The van der Waals surface area contributed by atoms with Gasteiger partial charge in [0.15, 0.2) is 0 Å². The van der Waals surface area contributed by atoms with Gasteiger partial charge in [-0.05, 0) is 48.8 Å². The normalized spacial score (nSPS) is 30.5. The Kier molecular flexibility index (Phi) is 2.74. The van der Waals surface area contributed by atoms with Gasteiger partial charge in [0.25, 0.3) is 0 Å². The Labute approximate surface area is 105 Å². The monoisotopic (exact) mass is 251 g/mol. The molecule has 17 heavy (non-hydrogen) atoms. The van der Waals surface area contributed by atoms with E-state index in [0.717, 1.165) is 12.3 Å². The molecular formula is C12H14ClN3O. The Morgan fingerprint density at radius 3 is 2.94 bits per heavy atom. The zero-order valence-electron chi connectivity index (χ0n) is 9.40. The van der Waals surface area contributed by atoms with Crippen LogP contribution in [-0.2, 0) is 4.79 Å². The van der Waals surface area contributed by atoms with Crippen LogP contribution in [0.25, 0.3) is 0 Å². The smallest absolute Gasteiger partial charge is 0.228 e. The maximum absolute atomic E-state index is 12.1. The fraction of sp³-hybridized carbons (Fsp3) is 0.583. The minimum atomic E-state index is 0.0898. The van der Waals surface area contributed by atoms with Crippen molar-refractivity contribution in [2.45, 2.75) is 25.7 Å². The van der Waals surface area contributed by atoms with Gasteiger partial charge in [0, 0.05) is 12.1 Å². The summed E-state index contributed by atoms with van der Waals surface area (Å²) in [5.41, 5.74) is 0. The highest BCUT2D eigenvalue weighted by atomic mass is 35.5. The molecule has 0 radical (unpaired) electrons. The molecule has 0 saturated heterocycles. The van der Waals surface area contributed by atoms with Crippen molar-refractivity contribution in [3.63, 3.8) is 0 Å². The van der Waals surface area contributed by atoms with Gasteiger partial charge in [0.1, 0.15) is 5.82 Å². The average molecular weight is 252 g/mol. The number of halogens is 1. The first-order chi connectivity index (χ1) is 8.22. The molecule has 0 aromatic carbocycles. The second kappa shape index (κ2) is 4.26. The fourth-order valence-electron chi connectivity index (χ4n) is 3.19. The van der Waals surface area contributed by atoms with Crippen molar-refractivity contribution >= 4 is 23.3 Å². The summed E-state index contributed by atoms with van der Waals surface area (Å²) < 4.78 is 0. The molecule has 1 amide bonds. The summed E-state index contributed by atoms with van der Waals surface area (Å²) >= 11 is 5.68. The van der Waals surface area contributed by atoms with Crippen molar-refractivity contribution in [2.24, 2.45) is 17.8 Å². The molecule has 5 heteroatoms. The number of hydrogen-bond acceptors (Lipinski definition) is 3. The van der Waals surface area contributed by atoms with Gasteiger partial charge in [-0.1, -0.05) is 6.42 Å². The Balaban J connectivity index is 1.68. The maximum atomic E-state index is 12.1. The number of fused-ring (bicyclic) bond motifs is 2. The van der Waals surface area contributed by atoms with Crippen LogP contribution < -0.4 is 5.32 Å². The van der Waals surface area contributed by atoms with Gasteiger partial charge in [0.05, 0.1) is 0 Å². The van der Waals surface area contributed by atoms with Crippen LogP contribution in [0, 0.1) is 17.8 Å². The lowest BCUT2D eigenvalue weighted by molar-refractivity contribution is -0.121. The molecular weight excluding hydrogens is 238 g/mol. The Morgan fingerprint density at radius 2 is 2.29 bits per heavy atom. The lowest BCUT2D eigenvalue weighted by Gasteiger charge is -2.20. The quantitative estimate of drug-likeness (QED) is 0.822. The van der Waals surface area contributed by atoms with Crippen LogP contribution in [0.5, 0.6) is 0 Å². The van der Waals surface area contributed by atoms with E-state index in [1.807, 2.05) is 0 Å². The number of aromatic nitrogens is 2. The van der Waals surface area contributed by atoms with Crippen molar-refractivity contribution in [2.75, 3.05) is 5.32 Å². The van der Waals surface area contributed by atoms with Crippen LogP contribution in [0.15, 0.2) is 12.3 Å². The highest BCUT2D eigenvalue weighted by Crippen LogP contribution is 2.48. The van der Waals surface area contributed by atoms with Gasteiger partial charge in [0.2, 0.25) is 11.2 Å². The van der Waals surface area contributed by atoms with E-state index in [1.165, 1.54) is 19.3 Å². The van der Waals surface area contributed by atoms with Crippen LogP contribution in [0.3, 0.4) is 0 Å². The number of hydrogen-bond donors (Lipinski definition) is 1. The number of amides is 1. The molecule has 1 aromatic rings. The van der Waals surface area contributed by atoms with E-state index in [4.69, 9.17) is 11.6 Å². The van der Waals surface area contributed by atoms with Gasteiger partial charge in [-0.2, -0.15) is 0 Å². The standard InChI is InChI=1S/C12H14ClN3O/c13-12-14-4-3-10(16-12)15-11(17)9-6-7-1-2-8(9)5-7/h3-4,7-9H,1-2,5-6H2,(H,14,15,16,17). The molecule has 90 valence electrons. The number of nitrogens with zero attached hydrogens (tertiary/aromatic N) is 2. The number of nitrogens with one attached hydrogen (secondary N) is 1. The molecule has 3 rings (SSSR count). The molecule has 3 unspecified atom stereocenters. The van der Waals surface area contributed by atoms with Gasteiger partial charge < -0.3 is 5.32 Å². The molecule has 4 nitrogen and oxygen atoms in total. The van der Waals surface area contributed by atoms with Gasteiger partial charge in [-0.25, -0.2) is 9.97 Å². The van der Waals surface area contributed by atoms with Crippen LogP contribution >= 0.6 is 11.6 Å². The Morgan fingerprint density at radius 1 is 1.41 bits per heavy atom. The Bertz CT molecular complexity index is 451. The van der Waals surface area contributed by atoms with E-state index in [-0.39, 0.29) is 17.1 Å². The van der Waals surface area contributed by atoms with E-state index in [0.29, 0.717) is 11.7 Å². The molecule has 2 aliphatic carbocycles. The summed E-state index contributed by atoms with van der Waals surface area (Å²) in [5, 5.41) is 3.00. The van der Waals surface area contributed by atoms with E-state index in [1.54, 1.807) is 12.3 Å². The van der Waals surface area contributed by atoms with E-state index >= 15 is 0 Å². The minimum Gasteiger partial charge on any atom is -0.310 e. The largest absolute Gasteiger partial charge is 0.310 e. The highest BCUT2D eigenvalue weighted by molar-refractivity contribution is 6.28. The third-order valence-electron chi connectivity index (χ3n) is 3.95. The molecule has 2 bridgehead atoms. The predicted octanol–water partition coefficient (Wildman–Crippen LogP) is 2.50. The minimum absolute atomic E-state index is 0.0898. The summed E-state index contributed by atoms with van der Waals surface area (Å²) in [4.78, 5) is 19.9. The van der Waals surface area contributed by atoms with Crippen LogP contribution in [0.2, 0.25) is 5.28 Å². The molecule has 3 atom stereocenters. The molecule has 2 saturated carbocycles. The summed E-state index contributed by atoms with van der Waals surface area (Å²) in [6.07, 6.45) is 6.31. The predicted molar refractivity (Wildman–Crippen MR) is 64.6 cm³/mol. The molecule has 1 heterocycles. The molecule has 0 spiro atoms.